The van der Waals surface area contributed by atoms with Crippen molar-refractivity contribution < 1.29 is 17.9 Å². The van der Waals surface area contributed by atoms with Crippen LogP contribution < -0.4 is 10.5 Å². The summed E-state index contributed by atoms with van der Waals surface area (Å²) >= 11 is 0. The SMILES string of the molecule is Nc1ccc(F)cc1S(=O)(=O)NCC1(O)CCC1. The largest absolute Gasteiger partial charge is 0.398 e. The summed E-state index contributed by atoms with van der Waals surface area (Å²) in [6.07, 6.45) is 2.00. The minimum atomic E-state index is -3.90. The van der Waals surface area contributed by atoms with Gasteiger partial charge in [0.2, 0.25) is 10.0 Å². The number of sulfonamides is 1. The van der Waals surface area contributed by atoms with Gasteiger partial charge in [0.1, 0.15) is 10.7 Å². The summed E-state index contributed by atoms with van der Waals surface area (Å²) in [6, 6.07) is 3.15. The summed E-state index contributed by atoms with van der Waals surface area (Å²) in [6.45, 7) is -0.0781. The van der Waals surface area contributed by atoms with E-state index in [0.717, 1.165) is 18.6 Å². The average molecular weight is 274 g/mol. The van der Waals surface area contributed by atoms with Crippen molar-refractivity contribution in [2.24, 2.45) is 0 Å². The van der Waals surface area contributed by atoms with Gasteiger partial charge in [-0.2, -0.15) is 0 Å². The van der Waals surface area contributed by atoms with E-state index in [1.807, 2.05) is 0 Å². The van der Waals surface area contributed by atoms with Crippen molar-refractivity contribution in [1.29, 1.82) is 0 Å². The molecule has 0 amide bonds. The van der Waals surface area contributed by atoms with Crippen molar-refractivity contribution in [2.75, 3.05) is 12.3 Å². The Morgan fingerprint density at radius 2 is 2.11 bits per heavy atom. The predicted octanol–water partition coefficient (Wildman–Crippen LogP) is 0.601. The van der Waals surface area contributed by atoms with Crippen LogP contribution in [0.5, 0.6) is 0 Å². The maximum atomic E-state index is 13.0. The van der Waals surface area contributed by atoms with Crippen LogP contribution in [-0.4, -0.2) is 25.7 Å². The van der Waals surface area contributed by atoms with Gasteiger partial charge in [0.25, 0.3) is 0 Å². The lowest BCUT2D eigenvalue weighted by Gasteiger charge is -2.36. The van der Waals surface area contributed by atoms with Crippen LogP contribution in [-0.2, 0) is 10.0 Å². The van der Waals surface area contributed by atoms with E-state index in [0.29, 0.717) is 12.8 Å². The zero-order valence-corrected chi connectivity index (χ0v) is 10.5. The van der Waals surface area contributed by atoms with E-state index in [2.05, 4.69) is 4.72 Å². The Kier molecular flexibility index (Phi) is 3.31. The first-order valence-corrected chi connectivity index (χ1v) is 7.08. The van der Waals surface area contributed by atoms with Crippen LogP contribution in [0.1, 0.15) is 19.3 Å². The highest BCUT2D eigenvalue weighted by Gasteiger charge is 2.35. The van der Waals surface area contributed by atoms with Crippen molar-refractivity contribution in [3.63, 3.8) is 0 Å². The second kappa shape index (κ2) is 4.49. The van der Waals surface area contributed by atoms with E-state index in [-0.39, 0.29) is 17.1 Å². The molecule has 0 spiro atoms. The Bertz CT molecular complexity index is 555. The molecule has 1 aliphatic rings. The van der Waals surface area contributed by atoms with Crippen LogP contribution in [0, 0.1) is 5.82 Å². The zero-order valence-electron chi connectivity index (χ0n) is 9.69. The second-order valence-corrected chi connectivity index (χ2v) is 6.32. The van der Waals surface area contributed by atoms with E-state index >= 15 is 0 Å². The first kappa shape index (κ1) is 13.3. The van der Waals surface area contributed by atoms with Crippen LogP contribution in [0.15, 0.2) is 23.1 Å². The maximum absolute atomic E-state index is 13.0. The molecule has 1 aromatic rings. The number of hydrogen-bond donors (Lipinski definition) is 3. The molecular weight excluding hydrogens is 259 g/mol. The summed E-state index contributed by atoms with van der Waals surface area (Å²) in [5, 5.41) is 9.81. The quantitative estimate of drug-likeness (QED) is 0.701. The number of anilines is 1. The number of nitrogens with one attached hydrogen (secondary N) is 1. The average Bonchev–Trinajstić information content (AvgIpc) is 2.27. The Morgan fingerprint density at radius 1 is 1.44 bits per heavy atom. The molecule has 0 saturated heterocycles. The minimum Gasteiger partial charge on any atom is -0.398 e. The molecule has 0 bridgehead atoms. The lowest BCUT2D eigenvalue weighted by Crippen LogP contribution is -2.47. The molecule has 0 aliphatic heterocycles. The predicted molar refractivity (Wildman–Crippen MR) is 64.8 cm³/mol. The Morgan fingerprint density at radius 3 is 2.67 bits per heavy atom. The summed E-state index contributed by atoms with van der Waals surface area (Å²) in [4.78, 5) is -0.301. The molecule has 18 heavy (non-hydrogen) atoms. The highest BCUT2D eigenvalue weighted by molar-refractivity contribution is 7.89. The molecule has 1 aromatic carbocycles. The van der Waals surface area contributed by atoms with E-state index < -0.39 is 21.4 Å². The Hall–Kier alpha value is -1.18. The molecule has 4 N–H and O–H groups in total. The van der Waals surface area contributed by atoms with E-state index in [4.69, 9.17) is 5.73 Å². The van der Waals surface area contributed by atoms with Gasteiger partial charge >= 0.3 is 0 Å². The van der Waals surface area contributed by atoms with Crippen molar-refractivity contribution in [2.45, 2.75) is 29.8 Å². The van der Waals surface area contributed by atoms with E-state index in [1.165, 1.54) is 6.07 Å². The molecule has 5 nitrogen and oxygen atoms in total. The smallest absolute Gasteiger partial charge is 0.242 e. The Balaban J connectivity index is 2.17. The van der Waals surface area contributed by atoms with Gasteiger partial charge in [-0.15, -0.1) is 0 Å². The number of aliphatic hydroxyl groups is 1. The minimum absolute atomic E-state index is 0.0236. The summed E-state index contributed by atoms with van der Waals surface area (Å²) in [5.74, 6) is -0.674. The number of halogens is 1. The third kappa shape index (κ3) is 2.63. The molecule has 2 rings (SSSR count). The normalized spacial score (nSPS) is 18.3. The molecule has 0 heterocycles. The van der Waals surface area contributed by atoms with Crippen LogP contribution in [0.2, 0.25) is 0 Å². The van der Waals surface area contributed by atoms with Gasteiger partial charge in [0.05, 0.1) is 11.3 Å². The van der Waals surface area contributed by atoms with Crippen molar-refractivity contribution >= 4 is 15.7 Å². The topological polar surface area (TPSA) is 92.4 Å². The highest BCUT2D eigenvalue weighted by atomic mass is 32.2. The van der Waals surface area contributed by atoms with Crippen LogP contribution in [0.3, 0.4) is 0 Å². The van der Waals surface area contributed by atoms with Crippen molar-refractivity contribution in [1.82, 2.24) is 4.72 Å². The third-order valence-electron chi connectivity index (χ3n) is 3.14. The fourth-order valence-electron chi connectivity index (χ4n) is 1.81. The molecule has 0 unspecified atom stereocenters. The van der Waals surface area contributed by atoms with Gasteiger partial charge in [0.15, 0.2) is 0 Å². The first-order chi connectivity index (χ1) is 8.32. The Labute approximate surface area is 105 Å². The van der Waals surface area contributed by atoms with Gasteiger partial charge in [0, 0.05) is 6.54 Å². The van der Waals surface area contributed by atoms with Gasteiger partial charge in [-0.05, 0) is 37.5 Å². The number of benzene rings is 1. The fourth-order valence-corrected chi connectivity index (χ4v) is 3.07. The summed E-state index contributed by atoms with van der Waals surface area (Å²) < 4.78 is 39.1. The van der Waals surface area contributed by atoms with Gasteiger partial charge in [-0.25, -0.2) is 17.5 Å². The zero-order chi connectivity index (χ0) is 13.4. The van der Waals surface area contributed by atoms with E-state index in [9.17, 15) is 17.9 Å². The monoisotopic (exact) mass is 274 g/mol. The molecule has 0 radical (unpaired) electrons. The second-order valence-electron chi connectivity index (χ2n) is 4.58. The summed E-state index contributed by atoms with van der Waals surface area (Å²) in [5.41, 5.74) is 4.51. The van der Waals surface area contributed by atoms with Gasteiger partial charge in [-0.1, -0.05) is 0 Å². The number of nitrogen functional groups attached to an aromatic ring is 1. The molecule has 0 aromatic heterocycles. The standard InChI is InChI=1S/C11H15FN2O3S/c12-8-2-3-9(13)10(6-8)18(16,17)14-7-11(15)4-1-5-11/h2-3,6,14-15H,1,4-5,7,13H2. The maximum Gasteiger partial charge on any atom is 0.242 e. The highest BCUT2D eigenvalue weighted by Crippen LogP contribution is 2.31. The van der Waals surface area contributed by atoms with E-state index in [1.54, 1.807) is 0 Å². The first-order valence-electron chi connectivity index (χ1n) is 5.60. The molecule has 100 valence electrons. The molecule has 1 fully saturated rings. The summed E-state index contributed by atoms with van der Waals surface area (Å²) in [7, 11) is -3.90. The molecule has 1 aliphatic carbocycles. The third-order valence-corrected chi connectivity index (χ3v) is 4.60. The van der Waals surface area contributed by atoms with Crippen LogP contribution in [0.25, 0.3) is 0 Å². The van der Waals surface area contributed by atoms with Crippen molar-refractivity contribution in [3.8, 4) is 0 Å². The fraction of sp³-hybridized carbons (Fsp3) is 0.455. The molecule has 7 heteroatoms. The number of hydrogen-bond acceptors (Lipinski definition) is 4. The number of rotatable bonds is 4. The molecular formula is C11H15FN2O3S. The lowest BCUT2D eigenvalue weighted by molar-refractivity contribution is -0.0270. The van der Waals surface area contributed by atoms with Gasteiger partial charge < -0.3 is 10.8 Å². The molecule has 0 atom stereocenters. The molecule has 1 saturated carbocycles. The van der Waals surface area contributed by atoms with Crippen LogP contribution in [0.4, 0.5) is 10.1 Å². The lowest BCUT2D eigenvalue weighted by atomic mass is 9.81. The van der Waals surface area contributed by atoms with Crippen molar-refractivity contribution in [3.05, 3.63) is 24.0 Å². The van der Waals surface area contributed by atoms with Gasteiger partial charge in [-0.3, -0.25) is 0 Å². The number of nitrogens with two attached hydrogens (primary N) is 1. The van der Waals surface area contributed by atoms with Crippen LogP contribution >= 0.6 is 0 Å².